The van der Waals surface area contributed by atoms with Gasteiger partial charge in [0.1, 0.15) is 17.9 Å². The van der Waals surface area contributed by atoms with Crippen LogP contribution in [0, 0.1) is 20.8 Å². The molecule has 4 nitrogen and oxygen atoms in total. The van der Waals surface area contributed by atoms with Crippen molar-refractivity contribution >= 4 is 5.97 Å². The number of carbonyl (C=O) groups is 1. The van der Waals surface area contributed by atoms with Crippen LogP contribution in [0.1, 0.15) is 23.1 Å². The number of aryl methyl sites for hydroxylation is 2. The lowest BCUT2D eigenvalue weighted by Crippen LogP contribution is -2.31. The third-order valence-electron chi connectivity index (χ3n) is 3.63. The van der Waals surface area contributed by atoms with Crippen LogP contribution in [0.15, 0.2) is 12.1 Å². The fourth-order valence-corrected chi connectivity index (χ4v) is 2.42. The van der Waals surface area contributed by atoms with E-state index in [1.807, 2.05) is 6.07 Å². The Morgan fingerprint density at radius 3 is 2.74 bits per heavy atom. The van der Waals surface area contributed by atoms with Gasteiger partial charge < -0.3 is 14.8 Å². The fourth-order valence-electron chi connectivity index (χ4n) is 2.42. The van der Waals surface area contributed by atoms with E-state index in [9.17, 15) is 4.79 Å². The number of rotatable bonds is 3. The summed E-state index contributed by atoms with van der Waals surface area (Å²) < 4.78 is 10.8. The highest BCUT2D eigenvalue weighted by Gasteiger charge is 2.31. The van der Waals surface area contributed by atoms with Gasteiger partial charge in [-0.2, -0.15) is 0 Å². The smallest absolute Gasteiger partial charge is 0.323 e. The Morgan fingerprint density at radius 2 is 2.05 bits per heavy atom. The topological polar surface area (TPSA) is 47.6 Å². The van der Waals surface area contributed by atoms with E-state index in [2.05, 4.69) is 32.2 Å². The van der Waals surface area contributed by atoms with Gasteiger partial charge in [0.2, 0.25) is 0 Å². The van der Waals surface area contributed by atoms with Gasteiger partial charge in [-0.25, -0.2) is 0 Å². The molecule has 0 radical (unpaired) electrons. The van der Waals surface area contributed by atoms with Crippen molar-refractivity contribution in [1.82, 2.24) is 5.32 Å². The van der Waals surface area contributed by atoms with Crippen LogP contribution in [0.5, 0.6) is 5.75 Å². The van der Waals surface area contributed by atoms with Crippen LogP contribution < -0.4 is 10.1 Å². The van der Waals surface area contributed by atoms with Gasteiger partial charge in [-0.3, -0.25) is 4.79 Å². The highest BCUT2D eigenvalue weighted by Crippen LogP contribution is 2.26. The summed E-state index contributed by atoms with van der Waals surface area (Å²) in [5.74, 6) is 0.693. The molecule has 104 valence electrons. The number of esters is 1. The SMILES string of the molecule is COC(=O)[C@@H]1C[C@H](Oc2cc(C)cc(C)c2C)CN1. The average molecular weight is 263 g/mol. The molecule has 1 aliphatic heterocycles. The zero-order chi connectivity index (χ0) is 14.0. The zero-order valence-electron chi connectivity index (χ0n) is 11.9. The van der Waals surface area contributed by atoms with Crippen LogP contribution in [0.3, 0.4) is 0 Å². The first kappa shape index (κ1) is 13.9. The van der Waals surface area contributed by atoms with Crippen LogP contribution >= 0.6 is 0 Å². The Balaban J connectivity index is 2.05. The number of carbonyl (C=O) groups excluding carboxylic acids is 1. The van der Waals surface area contributed by atoms with E-state index in [1.54, 1.807) is 0 Å². The Bertz CT molecular complexity index is 485. The summed E-state index contributed by atoms with van der Waals surface area (Å²) >= 11 is 0. The first-order valence-corrected chi connectivity index (χ1v) is 6.57. The molecule has 0 saturated carbocycles. The minimum atomic E-state index is -0.249. The van der Waals surface area contributed by atoms with Crippen molar-refractivity contribution in [3.63, 3.8) is 0 Å². The Morgan fingerprint density at radius 1 is 1.32 bits per heavy atom. The van der Waals surface area contributed by atoms with Crippen molar-refractivity contribution < 1.29 is 14.3 Å². The first-order valence-electron chi connectivity index (χ1n) is 6.57. The molecule has 0 unspecified atom stereocenters. The standard InChI is InChI=1S/C15H21NO3/c1-9-5-10(2)11(3)14(6-9)19-12-7-13(16-8-12)15(17)18-4/h5-6,12-13,16H,7-8H2,1-4H3/t12-,13-/m0/s1. The highest BCUT2D eigenvalue weighted by atomic mass is 16.5. The minimum absolute atomic E-state index is 0.0176. The maximum Gasteiger partial charge on any atom is 0.323 e. The summed E-state index contributed by atoms with van der Waals surface area (Å²) in [6.07, 6.45) is 0.669. The number of ether oxygens (including phenoxy) is 2. The summed E-state index contributed by atoms with van der Waals surface area (Å²) in [4.78, 5) is 11.4. The Hall–Kier alpha value is -1.55. The van der Waals surface area contributed by atoms with Gasteiger partial charge in [0.05, 0.1) is 7.11 Å². The second-order valence-corrected chi connectivity index (χ2v) is 5.16. The van der Waals surface area contributed by atoms with Gasteiger partial charge >= 0.3 is 5.97 Å². The van der Waals surface area contributed by atoms with Gasteiger partial charge in [-0.1, -0.05) is 6.07 Å². The molecule has 4 heteroatoms. The maximum absolute atomic E-state index is 11.4. The van der Waals surface area contributed by atoms with Crippen LogP contribution in [-0.2, 0) is 9.53 Å². The largest absolute Gasteiger partial charge is 0.489 e. The average Bonchev–Trinajstić information content (AvgIpc) is 2.83. The van der Waals surface area contributed by atoms with Crippen molar-refractivity contribution in [3.8, 4) is 5.75 Å². The zero-order valence-corrected chi connectivity index (χ0v) is 11.9. The van der Waals surface area contributed by atoms with E-state index in [4.69, 9.17) is 9.47 Å². The molecule has 0 amide bonds. The van der Waals surface area contributed by atoms with E-state index in [0.717, 1.165) is 11.3 Å². The summed E-state index contributed by atoms with van der Waals surface area (Å²) in [5.41, 5.74) is 3.58. The third-order valence-corrected chi connectivity index (χ3v) is 3.63. The van der Waals surface area contributed by atoms with Crippen LogP contribution in [0.4, 0.5) is 0 Å². The van der Waals surface area contributed by atoms with E-state index in [-0.39, 0.29) is 18.1 Å². The normalized spacial score (nSPS) is 22.3. The quantitative estimate of drug-likeness (QED) is 0.846. The van der Waals surface area contributed by atoms with Crippen molar-refractivity contribution in [2.24, 2.45) is 0 Å². The highest BCUT2D eigenvalue weighted by molar-refractivity contribution is 5.76. The maximum atomic E-state index is 11.4. The van der Waals surface area contributed by atoms with Crippen LogP contribution in [0.2, 0.25) is 0 Å². The van der Waals surface area contributed by atoms with E-state index < -0.39 is 0 Å². The molecule has 0 bridgehead atoms. The molecule has 1 N–H and O–H groups in total. The Kier molecular flexibility index (Phi) is 4.10. The molecular weight excluding hydrogens is 242 g/mol. The van der Waals surface area contributed by atoms with Crippen LogP contribution in [0.25, 0.3) is 0 Å². The second-order valence-electron chi connectivity index (χ2n) is 5.16. The summed E-state index contributed by atoms with van der Waals surface area (Å²) in [7, 11) is 1.41. The fraction of sp³-hybridized carbons (Fsp3) is 0.533. The summed E-state index contributed by atoms with van der Waals surface area (Å²) in [6.45, 7) is 6.87. The second kappa shape index (κ2) is 5.61. The van der Waals surface area contributed by atoms with E-state index >= 15 is 0 Å². The van der Waals surface area contributed by atoms with Gasteiger partial charge in [0, 0.05) is 13.0 Å². The van der Waals surface area contributed by atoms with Crippen molar-refractivity contribution in [3.05, 3.63) is 28.8 Å². The molecule has 1 aliphatic rings. The summed E-state index contributed by atoms with van der Waals surface area (Å²) in [5, 5.41) is 3.13. The Labute approximate surface area is 114 Å². The molecule has 1 saturated heterocycles. The van der Waals surface area contributed by atoms with Gasteiger partial charge in [-0.05, 0) is 43.5 Å². The number of hydrogen-bond acceptors (Lipinski definition) is 4. The lowest BCUT2D eigenvalue weighted by Gasteiger charge is -2.17. The molecule has 1 aromatic carbocycles. The van der Waals surface area contributed by atoms with Gasteiger partial charge in [-0.15, -0.1) is 0 Å². The number of methoxy groups -OCH3 is 1. The monoisotopic (exact) mass is 263 g/mol. The molecule has 19 heavy (non-hydrogen) atoms. The number of nitrogens with one attached hydrogen (secondary N) is 1. The molecule has 1 fully saturated rings. The van der Waals surface area contributed by atoms with Gasteiger partial charge in [0.15, 0.2) is 0 Å². The van der Waals surface area contributed by atoms with Crippen LogP contribution in [-0.4, -0.2) is 31.8 Å². The molecule has 1 heterocycles. The first-order chi connectivity index (χ1) is 9.01. The summed E-state index contributed by atoms with van der Waals surface area (Å²) in [6, 6.07) is 3.95. The predicted octanol–water partition coefficient (Wildman–Crippen LogP) is 1.89. The van der Waals surface area contributed by atoms with Gasteiger partial charge in [0.25, 0.3) is 0 Å². The van der Waals surface area contributed by atoms with E-state index in [1.165, 1.54) is 18.2 Å². The van der Waals surface area contributed by atoms with Crippen molar-refractivity contribution in [2.75, 3.05) is 13.7 Å². The molecule has 0 spiro atoms. The number of benzene rings is 1. The number of hydrogen-bond donors (Lipinski definition) is 1. The van der Waals surface area contributed by atoms with Crippen molar-refractivity contribution in [2.45, 2.75) is 39.3 Å². The minimum Gasteiger partial charge on any atom is -0.489 e. The molecule has 0 aliphatic carbocycles. The lowest BCUT2D eigenvalue weighted by atomic mass is 10.1. The molecule has 0 aromatic heterocycles. The molecule has 2 rings (SSSR count). The lowest BCUT2D eigenvalue weighted by molar-refractivity contribution is -0.142. The molecular formula is C15H21NO3. The van der Waals surface area contributed by atoms with Crippen molar-refractivity contribution in [1.29, 1.82) is 0 Å². The molecule has 1 aromatic rings. The molecule has 2 atom stereocenters. The third kappa shape index (κ3) is 3.07. The predicted molar refractivity (Wildman–Crippen MR) is 73.5 cm³/mol. The van der Waals surface area contributed by atoms with E-state index in [0.29, 0.717) is 13.0 Å².